The van der Waals surface area contributed by atoms with E-state index < -0.39 is 5.91 Å². The van der Waals surface area contributed by atoms with Crippen molar-refractivity contribution in [1.29, 1.82) is 0 Å². The van der Waals surface area contributed by atoms with Gasteiger partial charge in [-0.3, -0.25) is 14.4 Å². The number of nitrogens with two attached hydrogens (primary N) is 1. The first-order valence-corrected chi connectivity index (χ1v) is 6.55. The maximum absolute atomic E-state index is 12.2. The molecule has 0 aliphatic carbocycles. The molecule has 2 aromatic rings. The summed E-state index contributed by atoms with van der Waals surface area (Å²) >= 11 is 0. The van der Waals surface area contributed by atoms with E-state index in [1.54, 1.807) is 42.5 Å². The van der Waals surface area contributed by atoms with Gasteiger partial charge in [-0.05, 0) is 36.4 Å². The van der Waals surface area contributed by atoms with Crippen LogP contribution in [0.3, 0.4) is 0 Å². The van der Waals surface area contributed by atoms with Crippen LogP contribution >= 0.6 is 0 Å². The van der Waals surface area contributed by atoms with E-state index in [1.807, 2.05) is 0 Å². The number of para-hydroxylation sites is 1. The number of nitrogens with one attached hydrogen (secondary N) is 2. The van der Waals surface area contributed by atoms with Gasteiger partial charge < -0.3 is 16.4 Å². The number of hydrogen-bond donors (Lipinski definition) is 3. The van der Waals surface area contributed by atoms with Crippen molar-refractivity contribution in [3.05, 3.63) is 59.7 Å². The molecule has 0 aliphatic rings. The van der Waals surface area contributed by atoms with Crippen molar-refractivity contribution in [2.45, 2.75) is 6.92 Å². The highest BCUT2D eigenvalue weighted by Crippen LogP contribution is 2.16. The van der Waals surface area contributed by atoms with Crippen molar-refractivity contribution in [2.75, 3.05) is 10.6 Å². The van der Waals surface area contributed by atoms with Crippen LogP contribution in [0.1, 0.15) is 27.6 Å². The first kappa shape index (κ1) is 15.2. The fourth-order valence-corrected chi connectivity index (χ4v) is 1.91. The zero-order valence-electron chi connectivity index (χ0n) is 11.9. The van der Waals surface area contributed by atoms with Gasteiger partial charge in [-0.25, -0.2) is 0 Å². The Morgan fingerprint density at radius 3 is 2.14 bits per heavy atom. The van der Waals surface area contributed by atoms with Crippen molar-refractivity contribution < 1.29 is 14.4 Å². The van der Waals surface area contributed by atoms with E-state index in [-0.39, 0.29) is 17.4 Å². The first-order chi connectivity index (χ1) is 10.5. The number of carbonyl (C=O) groups is 3. The molecule has 0 aromatic heterocycles. The topological polar surface area (TPSA) is 101 Å². The molecule has 4 N–H and O–H groups in total. The molecule has 0 spiro atoms. The Balaban J connectivity index is 2.16. The van der Waals surface area contributed by atoms with E-state index in [0.717, 1.165) is 0 Å². The summed E-state index contributed by atoms with van der Waals surface area (Å²) < 4.78 is 0. The summed E-state index contributed by atoms with van der Waals surface area (Å²) in [5.74, 6) is -1.17. The van der Waals surface area contributed by atoms with Gasteiger partial charge in [0, 0.05) is 18.2 Å². The van der Waals surface area contributed by atoms with Gasteiger partial charge in [0.05, 0.1) is 11.3 Å². The van der Waals surface area contributed by atoms with Crippen LogP contribution < -0.4 is 16.4 Å². The largest absolute Gasteiger partial charge is 0.366 e. The highest BCUT2D eigenvalue weighted by Gasteiger charge is 2.11. The second-order valence-corrected chi connectivity index (χ2v) is 4.62. The Labute approximate surface area is 127 Å². The van der Waals surface area contributed by atoms with Crippen LogP contribution in [0, 0.1) is 0 Å². The lowest BCUT2D eigenvalue weighted by Crippen LogP contribution is -2.18. The number of primary amides is 1. The molecule has 0 aliphatic heterocycles. The lowest BCUT2D eigenvalue weighted by Gasteiger charge is -2.09. The van der Waals surface area contributed by atoms with Crippen molar-refractivity contribution in [3.8, 4) is 0 Å². The van der Waals surface area contributed by atoms with Gasteiger partial charge in [0.15, 0.2) is 0 Å². The average molecular weight is 297 g/mol. The third-order valence-electron chi connectivity index (χ3n) is 2.91. The molecule has 0 radical (unpaired) electrons. The van der Waals surface area contributed by atoms with Gasteiger partial charge in [0.2, 0.25) is 5.91 Å². The minimum atomic E-state index is -0.614. The number of rotatable bonds is 4. The van der Waals surface area contributed by atoms with Crippen LogP contribution in [-0.4, -0.2) is 17.7 Å². The second kappa shape index (κ2) is 6.53. The molecule has 2 rings (SSSR count). The molecule has 6 heteroatoms. The molecule has 0 heterocycles. The van der Waals surface area contributed by atoms with Crippen molar-refractivity contribution >= 4 is 29.1 Å². The van der Waals surface area contributed by atoms with Crippen LogP contribution in [0.4, 0.5) is 11.4 Å². The summed E-state index contributed by atoms with van der Waals surface area (Å²) in [5.41, 5.74) is 6.85. The maximum Gasteiger partial charge on any atom is 0.255 e. The Hall–Kier alpha value is -3.15. The first-order valence-electron chi connectivity index (χ1n) is 6.55. The standard InChI is InChI=1S/C16H15N3O3/c1-10(20)18-12-8-6-11(7-9-12)16(22)19-14-5-3-2-4-13(14)15(17)21/h2-9H,1H3,(H2,17,21)(H,18,20)(H,19,22). The summed E-state index contributed by atoms with van der Waals surface area (Å²) in [7, 11) is 0. The lowest BCUT2D eigenvalue weighted by atomic mass is 10.1. The monoisotopic (exact) mass is 297 g/mol. The molecule has 112 valence electrons. The average Bonchev–Trinajstić information content (AvgIpc) is 2.47. The molecule has 2 aromatic carbocycles. The minimum Gasteiger partial charge on any atom is -0.366 e. The molecule has 0 fully saturated rings. The smallest absolute Gasteiger partial charge is 0.255 e. The predicted octanol–water partition coefficient (Wildman–Crippen LogP) is 2.00. The molecular formula is C16H15N3O3. The number of carbonyl (C=O) groups excluding carboxylic acids is 3. The predicted molar refractivity (Wildman–Crippen MR) is 83.7 cm³/mol. The van der Waals surface area contributed by atoms with Gasteiger partial charge in [-0.2, -0.15) is 0 Å². The highest BCUT2D eigenvalue weighted by molar-refractivity contribution is 6.08. The Morgan fingerprint density at radius 1 is 0.909 bits per heavy atom. The van der Waals surface area contributed by atoms with E-state index in [4.69, 9.17) is 5.73 Å². The van der Waals surface area contributed by atoms with Crippen LogP contribution in [0.2, 0.25) is 0 Å². The van der Waals surface area contributed by atoms with Crippen LogP contribution in [0.25, 0.3) is 0 Å². The van der Waals surface area contributed by atoms with E-state index >= 15 is 0 Å². The minimum absolute atomic E-state index is 0.187. The summed E-state index contributed by atoms with van der Waals surface area (Å²) in [6, 6.07) is 12.9. The normalized spacial score (nSPS) is 9.86. The molecule has 22 heavy (non-hydrogen) atoms. The Kier molecular flexibility index (Phi) is 4.53. The van der Waals surface area contributed by atoms with E-state index in [2.05, 4.69) is 10.6 Å². The zero-order chi connectivity index (χ0) is 16.1. The van der Waals surface area contributed by atoms with Crippen LogP contribution in [0.5, 0.6) is 0 Å². The number of benzene rings is 2. The van der Waals surface area contributed by atoms with Crippen molar-refractivity contribution in [1.82, 2.24) is 0 Å². The van der Waals surface area contributed by atoms with E-state index in [1.165, 1.54) is 13.0 Å². The zero-order valence-corrected chi connectivity index (χ0v) is 11.9. The van der Waals surface area contributed by atoms with Gasteiger partial charge in [0.1, 0.15) is 0 Å². The third kappa shape index (κ3) is 3.69. The Morgan fingerprint density at radius 2 is 1.55 bits per heavy atom. The van der Waals surface area contributed by atoms with Crippen molar-refractivity contribution in [2.24, 2.45) is 5.73 Å². The fourth-order valence-electron chi connectivity index (χ4n) is 1.91. The molecule has 6 nitrogen and oxygen atoms in total. The molecule has 0 bridgehead atoms. The fraction of sp³-hybridized carbons (Fsp3) is 0.0625. The van der Waals surface area contributed by atoms with E-state index in [0.29, 0.717) is 16.9 Å². The molecule has 0 atom stereocenters. The summed E-state index contributed by atoms with van der Waals surface area (Å²) in [6.45, 7) is 1.40. The number of anilines is 2. The molecule has 0 saturated heterocycles. The van der Waals surface area contributed by atoms with Gasteiger partial charge in [0.25, 0.3) is 11.8 Å². The molecule has 0 unspecified atom stereocenters. The summed E-state index contributed by atoms with van der Waals surface area (Å²) in [6.07, 6.45) is 0. The van der Waals surface area contributed by atoms with Crippen molar-refractivity contribution in [3.63, 3.8) is 0 Å². The second-order valence-electron chi connectivity index (χ2n) is 4.62. The van der Waals surface area contributed by atoms with Crippen LogP contribution in [-0.2, 0) is 4.79 Å². The highest BCUT2D eigenvalue weighted by atomic mass is 16.2. The summed E-state index contributed by atoms with van der Waals surface area (Å²) in [4.78, 5) is 34.4. The van der Waals surface area contributed by atoms with Gasteiger partial charge in [-0.15, -0.1) is 0 Å². The SMILES string of the molecule is CC(=O)Nc1ccc(C(=O)Nc2ccccc2C(N)=O)cc1. The van der Waals surface area contributed by atoms with Gasteiger partial charge in [-0.1, -0.05) is 12.1 Å². The van der Waals surface area contributed by atoms with Gasteiger partial charge >= 0.3 is 0 Å². The lowest BCUT2D eigenvalue weighted by molar-refractivity contribution is -0.114. The van der Waals surface area contributed by atoms with E-state index in [9.17, 15) is 14.4 Å². The number of amides is 3. The third-order valence-corrected chi connectivity index (χ3v) is 2.91. The quantitative estimate of drug-likeness (QED) is 0.804. The Bertz CT molecular complexity index is 724. The summed E-state index contributed by atoms with van der Waals surface area (Å²) in [5, 5.41) is 5.25. The maximum atomic E-state index is 12.2. The van der Waals surface area contributed by atoms with Crippen LogP contribution in [0.15, 0.2) is 48.5 Å². The molecular weight excluding hydrogens is 282 g/mol. The number of hydrogen-bond acceptors (Lipinski definition) is 3. The molecule has 0 saturated carbocycles. The molecule has 3 amide bonds.